The zero-order chi connectivity index (χ0) is 33.6. The van der Waals surface area contributed by atoms with Crippen molar-refractivity contribution in [1.29, 1.82) is 5.26 Å². The summed E-state index contributed by atoms with van der Waals surface area (Å²) in [6, 6.07) is 6.71. The smallest absolute Gasteiger partial charge is 0.318 e. The van der Waals surface area contributed by atoms with Crippen molar-refractivity contribution in [2.45, 2.75) is 90.3 Å². The lowest BCUT2D eigenvalue weighted by Gasteiger charge is -2.35. The first-order chi connectivity index (χ1) is 21.1. The molecule has 1 aliphatic heterocycles. The summed E-state index contributed by atoms with van der Waals surface area (Å²) >= 11 is 0. The molecule has 4 rings (SSSR count). The highest BCUT2D eigenvalue weighted by molar-refractivity contribution is 5.94. The highest BCUT2D eigenvalue weighted by Crippen LogP contribution is 2.52. The van der Waals surface area contributed by atoms with Gasteiger partial charge in [-0.1, -0.05) is 58.6 Å². The summed E-state index contributed by atoms with van der Waals surface area (Å²) in [5.74, 6) is -0.813. The van der Waals surface area contributed by atoms with Crippen molar-refractivity contribution in [3.63, 3.8) is 0 Å². The lowest BCUT2D eigenvalue weighted by atomic mass is 9.68. The maximum absolute atomic E-state index is 13.1. The quantitative estimate of drug-likeness (QED) is 0.288. The molecule has 0 radical (unpaired) electrons. The number of carbonyl (C=O) groups excluding carboxylic acids is 2. The van der Waals surface area contributed by atoms with Gasteiger partial charge in [-0.05, 0) is 85.9 Å². The monoisotopic (exact) mass is 605 g/mol. The number of fused-ring (bicyclic) bond motifs is 2. The Hall–Kier alpha value is -4.16. The van der Waals surface area contributed by atoms with Gasteiger partial charge in [-0.15, -0.1) is 13.2 Å². The molecule has 9 heteroatoms. The Morgan fingerprint density at radius 2 is 1.93 bits per heavy atom. The van der Waals surface area contributed by atoms with Crippen LogP contribution in [0.2, 0.25) is 0 Å². The van der Waals surface area contributed by atoms with Crippen LogP contribution < -0.4 is 16.8 Å². The van der Waals surface area contributed by atoms with Gasteiger partial charge in [-0.3, -0.25) is 14.4 Å². The van der Waals surface area contributed by atoms with E-state index < -0.39 is 17.3 Å². The van der Waals surface area contributed by atoms with E-state index in [1.54, 1.807) is 23.1 Å². The summed E-state index contributed by atoms with van der Waals surface area (Å²) in [6.07, 6.45) is 10.0. The van der Waals surface area contributed by atoms with Crippen LogP contribution >= 0.6 is 0 Å². The van der Waals surface area contributed by atoms with E-state index in [4.69, 9.17) is 5.73 Å². The summed E-state index contributed by atoms with van der Waals surface area (Å²) in [5.41, 5.74) is 11.2. The van der Waals surface area contributed by atoms with Gasteiger partial charge in [0.1, 0.15) is 11.5 Å². The largest absolute Gasteiger partial charge is 0.480 e. The molecule has 2 aliphatic carbocycles. The second-order valence-electron chi connectivity index (χ2n) is 10.9. The Balaban J connectivity index is 0.00000128. The number of carboxylic acid groups (broad SMARTS) is 1. The van der Waals surface area contributed by atoms with E-state index in [1.807, 2.05) is 45.9 Å². The first kappa shape index (κ1) is 37.9. The Kier molecular flexibility index (Phi) is 15.3. The second kappa shape index (κ2) is 17.8. The van der Waals surface area contributed by atoms with Crippen molar-refractivity contribution < 1.29 is 19.5 Å². The van der Waals surface area contributed by atoms with Crippen molar-refractivity contribution in [1.82, 2.24) is 10.2 Å². The number of hydrogen-bond acceptors (Lipinski definition) is 6. The maximum atomic E-state index is 13.1. The van der Waals surface area contributed by atoms with Crippen LogP contribution in [0.15, 0.2) is 67.9 Å². The molecular weight excluding hydrogens is 554 g/mol. The summed E-state index contributed by atoms with van der Waals surface area (Å²) in [6.45, 7) is 19.2. The van der Waals surface area contributed by atoms with E-state index in [-0.39, 0.29) is 37.0 Å². The highest BCUT2D eigenvalue weighted by Gasteiger charge is 2.60. The summed E-state index contributed by atoms with van der Waals surface area (Å²) < 4.78 is 0. The van der Waals surface area contributed by atoms with Gasteiger partial charge in [0, 0.05) is 17.6 Å². The fraction of sp³-hybridized carbons (Fsp3) is 0.486. The predicted molar refractivity (Wildman–Crippen MR) is 176 cm³/mol. The number of piperidine rings is 1. The van der Waals surface area contributed by atoms with Gasteiger partial charge in [0.15, 0.2) is 0 Å². The van der Waals surface area contributed by atoms with E-state index in [1.165, 1.54) is 6.20 Å². The predicted octanol–water partition coefficient (Wildman–Crippen LogP) is 4.99. The number of aliphatic carboxylic acids is 1. The number of primary amides is 1. The topological polar surface area (TPSA) is 163 Å². The van der Waals surface area contributed by atoms with Gasteiger partial charge >= 0.3 is 5.97 Å². The number of carbonyl (C=O) groups is 3. The molecule has 1 saturated carbocycles. The Morgan fingerprint density at radius 3 is 2.48 bits per heavy atom. The SMILES string of the molecule is C=C.C=CN.CC.CC/C=C\C1=CCCc2cc(C(N)=O)ccc2C1(CC(C)NCC(=O)N1C(C#N)CC2C(C)C21)C(=O)O. The zero-order valence-corrected chi connectivity index (χ0v) is 27.0. The molecule has 2 fully saturated rings. The van der Waals surface area contributed by atoms with Gasteiger partial charge in [-0.2, -0.15) is 5.26 Å². The van der Waals surface area contributed by atoms with Crippen LogP contribution in [0.3, 0.4) is 0 Å². The minimum Gasteiger partial charge on any atom is -0.480 e. The fourth-order valence-electron chi connectivity index (χ4n) is 6.35. The maximum Gasteiger partial charge on any atom is 0.318 e. The van der Waals surface area contributed by atoms with Crippen molar-refractivity contribution in [2.24, 2.45) is 23.3 Å². The molecule has 0 bridgehead atoms. The van der Waals surface area contributed by atoms with Crippen LogP contribution in [0.5, 0.6) is 0 Å². The van der Waals surface area contributed by atoms with Gasteiger partial charge in [0.05, 0.1) is 12.6 Å². The number of nitrogens with two attached hydrogens (primary N) is 2. The molecule has 0 aromatic heterocycles. The van der Waals surface area contributed by atoms with E-state index in [0.717, 1.165) is 18.4 Å². The molecule has 6 unspecified atom stereocenters. The summed E-state index contributed by atoms with van der Waals surface area (Å²) in [7, 11) is 0. The minimum absolute atomic E-state index is 0.0440. The first-order valence-corrected chi connectivity index (χ1v) is 15.4. The molecule has 1 aromatic carbocycles. The molecule has 2 amide bonds. The number of allylic oxidation sites excluding steroid dienone is 3. The number of hydrogen-bond donors (Lipinski definition) is 4. The fourth-order valence-corrected chi connectivity index (χ4v) is 6.35. The third-order valence-corrected chi connectivity index (χ3v) is 8.33. The number of nitrogens with zero attached hydrogens (tertiary/aromatic N) is 2. The van der Waals surface area contributed by atoms with Crippen molar-refractivity contribution in [3.8, 4) is 6.07 Å². The van der Waals surface area contributed by atoms with Gasteiger partial charge in [-0.25, -0.2) is 0 Å². The van der Waals surface area contributed by atoms with E-state index in [9.17, 15) is 24.8 Å². The summed E-state index contributed by atoms with van der Waals surface area (Å²) in [5, 5.41) is 23.5. The third-order valence-electron chi connectivity index (χ3n) is 8.33. The molecule has 240 valence electrons. The van der Waals surface area contributed by atoms with Gasteiger partial charge < -0.3 is 26.8 Å². The third kappa shape index (κ3) is 8.26. The molecule has 3 aliphatic rings. The number of aryl methyl sites for hydroxylation is 1. The zero-order valence-electron chi connectivity index (χ0n) is 27.0. The number of amides is 2. The molecule has 44 heavy (non-hydrogen) atoms. The van der Waals surface area contributed by atoms with Gasteiger partial charge in [0.25, 0.3) is 0 Å². The molecule has 1 saturated heterocycles. The number of likely N-dealkylation sites (tertiary alicyclic amines) is 1. The lowest BCUT2D eigenvalue weighted by molar-refractivity contribution is -0.142. The number of carboxylic acids is 1. The first-order valence-electron chi connectivity index (χ1n) is 15.4. The van der Waals surface area contributed by atoms with Crippen LogP contribution in [-0.4, -0.2) is 52.5 Å². The molecular formula is C35H51N5O4. The molecule has 6 N–H and O–H groups in total. The minimum atomic E-state index is -1.36. The van der Waals surface area contributed by atoms with Crippen LogP contribution in [0, 0.1) is 23.2 Å². The van der Waals surface area contributed by atoms with Crippen LogP contribution in [0.1, 0.15) is 81.8 Å². The Bertz CT molecular complexity index is 1270. The van der Waals surface area contributed by atoms with Crippen molar-refractivity contribution in [2.75, 3.05) is 6.54 Å². The van der Waals surface area contributed by atoms with Crippen molar-refractivity contribution >= 4 is 17.8 Å². The second-order valence-corrected chi connectivity index (χ2v) is 10.9. The van der Waals surface area contributed by atoms with Crippen LogP contribution in [-0.2, 0) is 21.4 Å². The molecule has 6 atom stereocenters. The molecule has 0 spiro atoms. The summed E-state index contributed by atoms with van der Waals surface area (Å²) in [4.78, 5) is 39.8. The van der Waals surface area contributed by atoms with Crippen LogP contribution in [0.4, 0.5) is 0 Å². The molecule has 1 heterocycles. The normalized spacial score (nSPS) is 24.9. The van der Waals surface area contributed by atoms with E-state index >= 15 is 0 Å². The van der Waals surface area contributed by atoms with E-state index in [2.05, 4.69) is 43.8 Å². The Morgan fingerprint density at radius 1 is 1.30 bits per heavy atom. The molecule has 9 nitrogen and oxygen atoms in total. The number of benzene rings is 1. The Labute approximate surface area is 263 Å². The highest BCUT2D eigenvalue weighted by atomic mass is 16.4. The van der Waals surface area contributed by atoms with Crippen LogP contribution in [0.25, 0.3) is 0 Å². The number of nitriles is 1. The molecule has 1 aromatic rings. The number of rotatable bonds is 9. The van der Waals surface area contributed by atoms with Gasteiger partial charge in [0.2, 0.25) is 11.8 Å². The average molecular weight is 606 g/mol. The number of nitrogens with one attached hydrogen (secondary N) is 1. The van der Waals surface area contributed by atoms with E-state index in [0.29, 0.717) is 41.4 Å². The lowest BCUT2D eigenvalue weighted by Crippen LogP contribution is -2.48. The standard InChI is InChI=1S/C29H36N4O4.C2H5N.C2H6.C2H4/c1-4-5-8-21-9-6-7-19-12-20(27(31)35)10-11-24(19)29(21,28(36)37)14-17(2)32-16-25(34)33-22(15-30)13-23-18(3)26(23)33;1-2-3;2*1-2/h5,8-12,17-18,22-23,26,32H,4,6-7,13-14,16H2,1-3H3,(H2,31,35)(H,36,37);2H,1,3H2;1-2H3;1-2H2/b8-5-;;;. The van der Waals surface area contributed by atoms with Crippen molar-refractivity contribution in [3.05, 3.63) is 84.6 Å². The average Bonchev–Trinajstić information content (AvgIpc) is 3.50.